The molecule has 0 atom stereocenters. The van der Waals surface area contributed by atoms with Gasteiger partial charge in [0.1, 0.15) is 0 Å². The maximum absolute atomic E-state index is 10.7. The summed E-state index contributed by atoms with van der Waals surface area (Å²) in [5.74, 6) is 1.18. The topological polar surface area (TPSA) is 102 Å². The lowest BCUT2D eigenvalue weighted by Crippen LogP contribution is -2.24. The van der Waals surface area contributed by atoms with Gasteiger partial charge in [-0.1, -0.05) is 0 Å². The SMILES string of the molecule is O=S1(=O)CCSC1.O=S1(=O)CSCS(=O)(=O)C1. The molecule has 2 heterocycles. The fourth-order valence-electron chi connectivity index (χ4n) is 1.06. The highest BCUT2D eigenvalue weighted by molar-refractivity contribution is 8.26. The minimum absolute atomic E-state index is 0.0633. The third-order valence-corrected chi connectivity index (χ3v) is 12.4. The summed E-state index contributed by atoms with van der Waals surface area (Å²) < 4.78 is 63.5. The van der Waals surface area contributed by atoms with Gasteiger partial charge in [0.25, 0.3) is 0 Å². The first-order valence-corrected chi connectivity index (χ1v) is 12.2. The van der Waals surface area contributed by atoms with Gasteiger partial charge in [-0.2, -0.15) is 0 Å². The van der Waals surface area contributed by atoms with E-state index in [0.717, 1.165) is 17.5 Å². The van der Waals surface area contributed by atoms with Crippen molar-refractivity contribution in [1.29, 1.82) is 0 Å². The van der Waals surface area contributed by atoms with Crippen LogP contribution in [0.1, 0.15) is 0 Å². The first-order chi connectivity index (χ1) is 7.62. The largest absolute Gasteiger partial charge is 0.228 e. The maximum atomic E-state index is 10.7. The molecule has 0 saturated carbocycles. The molecule has 6 nitrogen and oxygen atoms in total. The van der Waals surface area contributed by atoms with Crippen LogP contribution < -0.4 is 0 Å². The Bertz CT molecular complexity index is 512. The summed E-state index contributed by atoms with van der Waals surface area (Å²) >= 11 is 2.43. The van der Waals surface area contributed by atoms with E-state index in [2.05, 4.69) is 0 Å². The van der Waals surface area contributed by atoms with Crippen LogP contribution in [0, 0.1) is 0 Å². The van der Waals surface area contributed by atoms with E-state index in [9.17, 15) is 25.3 Å². The molecule has 0 aromatic heterocycles. The average Bonchev–Trinajstić information content (AvgIpc) is 2.46. The van der Waals surface area contributed by atoms with Crippen LogP contribution in [0.3, 0.4) is 0 Å². The number of hydrogen-bond donors (Lipinski definition) is 0. The zero-order chi connectivity index (χ0) is 13.2. The third-order valence-electron chi connectivity index (χ3n) is 1.69. The summed E-state index contributed by atoms with van der Waals surface area (Å²) in [6, 6.07) is 0. The van der Waals surface area contributed by atoms with E-state index in [1.165, 1.54) is 11.8 Å². The van der Waals surface area contributed by atoms with Gasteiger partial charge >= 0.3 is 0 Å². The van der Waals surface area contributed by atoms with Gasteiger partial charge in [-0.25, -0.2) is 25.3 Å². The van der Waals surface area contributed by atoms with Crippen LogP contribution in [-0.4, -0.2) is 57.1 Å². The van der Waals surface area contributed by atoms with E-state index in [1.807, 2.05) is 0 Å². The minimum atomic E-state index is -3.32. The van der Waals surface area contributed by atoms with Gasteiger partial charge in [0.2, 0.25) is 0 Å². The maximum Gasteiger partial charge on any atom is 0.173 e. The number of rotatable bonds is 0. The normalized spacial score (nSPS) is 28.9. The number of sulfone groups is 3. The predicted molar refractivity (Wildman–Crippen MR) is 71.1 cm³/mol. The van der Waals surface area contributed by atoms with Crippen molar-refractivity contribution in [1.82, 2.24) is 0 Å². The third kappa shape index (κ3) is 6.32. The molecule has 2 rings (SSSR count). The second-order valence-electron chi connectivity index (χ2n) is 3.52. The Hall–Kier alpha value is 0.550. The fourth-order valence-corrected chi connectivity index (χ4v) is 11.4. The van der Waals surface area contributed by atoms with Crippen molar-refractivity contribution < 1.29 is 25.3 Å². The van der Waals surface area contributed by atoms with Gasteiger partial charge in [-0.15, -0.1) is 23.5 Å². The molecule has 2 aliphatic heterocycles. The van der Waals surface area contributed by atoms with Crippen molar-refractivity contribution in [3.63, 3.8) is 0 Å². The van der Waals surface area contributed by atoms with Crippen molar-refractivity contribution in [3.8, 4) is 0 Å². The first kappa shape index (κ1) is 15.6. The fraction of sp³-hybridized carbons (Fsp3) is 1.00. The molecule has 0 aliphatic carbocycles. The summed E-state index contributed by atoms with van der Waals surface area (Å²) in [5.41, 5.74) is 0. The molecular formula is C6H12O6S5. The van der Waals surface area contributed by atoms with Crippen LogP contribution in [-0.2, 0) is 29.5 Å². The highest BCUT2D eigenvalue weighted by atomic mass is 32.3. The summed E-state index contributed by atoms with van der Waals surface area (Å²) in [6.45, 7) is 0. The Balaban J connectivity index is 0.000000181. The van der Waals surface area contributed by atoms with Crippen molar-refractivity contribution in [2.75, 3.05) is 31.8 Å². The standard InChI is InChI=1S/C3H6O4S3.C3H6O2S2/c4-9(5)1-8-2-10(6,7)3-9;4-7(5)2-1-6-3-7/h1-3H2;1-3H2. The molecule has 2 saturated heterocycles. The Morgan fingerprint density at radius 1 is 0.647 bits per heavy atom. The molecule has 0 bridgehead atoms. The Kier molecular flexibility index (Phi) is 5.21. The second kappa shape index (κ2) is 5.68. The van der Waals surface area contributed by atoms with E-state index < -0.39 is 34.6 Å². The van der Waals surface area contributed by atoms with Crippen LogP contribution in [0.5, 0.6) is 0 Å². The highest BCUT2D eigenvalue weighted by Crippen LogP contribution is 2.18. The number of thioether (sulfide) groups is 2. The lowest BCUT2D eigenvalue weighted by Gasteiger charge is -2.10. The van der Waals surface area contributed by atoms with Gasteiger partial charge < -0.3 is 0 Å². The van der Waals surface area contributed by atoms with Crippen LogP contribution in [0.25, 0.3) is 0 Å². The summed E-state index contributed by atoms with van der Waals surface area (Å²) in [4.78, 5) is 0. The van der Waals surface area contributed by atoms with Crippen molar-refractivity contribution in [2.24, 2.45) is 0 Å². The van der Waals surface area contributed by atoms with Crippen LogP contribution in [0.15, 0.2) is 0 Å². The molecule has 2 aliphatic rings. The van der Waals surface area contributed by atoms with Crippen LogP contribution in [0.4, 0.5) is 0 Å². The molecule has 17 heavy (non-hydrogen) atoms. The monoisotopic (exact) mass is 340 g/mol. The van der Waals surface area contributed by atoms with Crippen LogP contribution in [0.2, 0.25) is 0 Å². The molecular weight excluding hydrogens is 328 g/mol. The molecule has 11 heteroatoms. The van der Waals surface area contributed by atoms with Gasteiger partial charge in [0, 0.05) is 5.75 Å². The van der Waals surface area contributed by atoms with E-state index in [4.69, 9.17) is 0 Å². The predicted octanol–water partition coefficient (Wildman–Crippen LogP) is -0.459. The molecule has 0 radical (unpaired) electrons. The van der Waals surface area contributed by atoms with Gasteiger partial charge in [-0.05, 0) is 0 Å². The van der Waals surface area contributed by atoms with E-state index in [-0.39, 0.29) is 10.2 Å². The zero-order valence-electron chi connectivity index (χ0n) is 8.73. The smallest absolute Gasteiger partial charge is 0.173 e. The van der Waals surface area contributed by atoms with Crippen LogP contribution >= 0.6 is 23.5 Å². The second-order valence-corrected chi connectivity index (χ2v) is 13.4. The molecule has 0 N–H and O–H groups in total. The first-order valence-electron chi connectivity index (χ1n) is 4.39. The number of hydrogen-bond acceptors (Lipinski definition) is 8. The van der Waals surface area contributed by atoms with E-state index >= 15 is 0 Å². The molecule has 0 unspecified atom stereocenters. The molecule has 0 amide bonds. The lowest BCUT2D eigenvalue weighted by atomic mass is 11.0. The quantitative estimate of drug-likeness (QED) is 0.584. The molecule has 0 aromatic carbocycles. The molecule has 2 fully saturated rings. The lowest BCUT2D eigenvalue weighted by molar-refractivity contribution is 0.592. The molecule has 102 valence electrons. The van der Waals surface area contributed by atoms with Gasteiger partial charge in [0.15, 0.2) is 34.6 Å². The van der Waals surface area contributed by atoms with Gasteiger partial charge in [-0.3, -0.25) is 0 Å². The van der Waals surface area contributed by atoms with Crippen molar-refractivity contribution >= 4 is 53.0 Å². The molecule has 0 aromatic rings. The Labute approximate surface area is 110 Å². The summed E-state index contributed by atoms with van der Waals surface area (Å²) in [6.07, 6.45) is 0. The summed E-state index contributed by atoms with van der Waals surface area (Å²) in [7, 11) is -9.21. The summed E-state index contributed by atoms with van der Waals surface area (Å²) in [5, 5.41) is -0.460. The molecule has 0 spiro atoms. The minimum Gasteiger partial charge on any atom is -0.228 e. The van der Waals surface area contributed by atoms with E-state index in [1.54, 1.807) is 0 Å². The van der Waals surface area contributed by atoms with Crippen molar-refractivity contribution in [2.45, 2.75) is 0 Å². The Morgan fingerprint density at radius 2 is 1.12 bits per heavy atom. The highest BCUT2D eigenvalue weighted by Gasteiger charge is 2.27. The Morgan fingerprint density at radius 3 is 1.29 bits per heavy atom. The van der Waals surface area contributed by atoms with E-state index in [0.29, 0.717) is 10.8 Å². The van der Waals surface area contributed by atoms with Crippen molar-refractivity contribution in [3.05, 3.63) is 0 Å². The zero-order valence-corrected chi connectivity index (χ0v) is 12.8. The average molecular weight is 340 g/mol. The van der Waals surface area contributed by atoms with Gasteiger partial charge in [0.05, 0.1) is 21.0 Å².